The number of carbonyl (C=O) groups excluding carboxylic acids is 2. The normalized spacial score (nSPS) is 11.4. The van der Waals surface area contributed by atoms with Crippen molar-refractivity contribution in [3.63, 3.8) is 0 Å². The van der Waals surface area contributed by atoms with Crippen LogP contribution in [0.4, 0.5) is 0 Å². The molecule has 1 heterocycles. The lowest BCUT2D eigenvalue weighted by Crippen LogP contribution is -2.26. The topological polar surface area (TPSA) is 85.6 Å². The van der Waals surface area contributed by atoms with Crippen LogP contribution in [0.25, 0.3) is 11.0 Å². The molecular formula is C24H24BrNO5. The third kappa shape index (κ3) is 6.04. The van der Waals surface area contributed by atoms with Crippen molar-refractivity contribution in [3.05, 3.63) is 80.1 Å². The second-order valence-corrected chi connectivity index (χ2v) is 9.14. The second kappa shape index (κ2) is 9.47. The van der Waals surface area contributed by atoms with Gasteiger partial charge in [-0.25, -0.2) is 4.79 Å². The highest BCUT2D eigenvalue weighted by molar-refractivity contribution is 9.10. The molecule has 0 saturated carbocycles. The summed E-state index contributed by atoms with van der Waals surface area (Å²) in [5, 5.41) is 3.42. The molecule has 162 valence electrons. The van der Waals surface area contributed by atoms with E-state index in [1.165, 1.54) is 6.07 Å². The molecule has 0 aliphatic rings. The molecule has 0 saturated heterocycles. The van der Waals surface area contributed by atoms with Crippen molar-refractivity contribution < 1.29 is 18.7 Å². The fourth-order valence-corrected chi connectivity index (χ4v) is 3.40. The van der Waals surface area contributed by atoms with Gasteiger partial charge in [-0.3, -0.25) is 9.59 Å². The van der Waals surface area contributed by atoms with Gasteiger partial charge in [-0.2, -0.15) is 0 Å². The Kier molecular flexibility index (Phi) is 6.95. The predicted molar refractivity (Wildman–Crippen MR) is 122 cm³/mol. The van der Waals surface area contributed by atoms with Gasteiger partial charge in [0.05, 0.1) is 6.42 Å². The van der Waals surface area contributed by atoms with Crippen molar-refractivity contribution in [1.29, 1.82) is 0 Å². The molecule has 6 nitrogen and oxygen atoms in total. The molecule has 0 atom stereocenters. The number of carbonyl (C=O) groups is 2. The highest BCUT2D eigenvalue weighted by Gasteiger charge is 2.15. The van der Waals surface area contributed by atoms with E-state index in [1.807, 2.05) is 18.2 Å². The highest BCUT2D eigenvalue weighted by Crippen LogP contribution is 2.23. The summed E-state index contributed by atoms with van der Waals surface area (Å²) < 4.78 is 11.2. The number of halogens is 1. The summed E-state index contributed by atoms with van der Waals surface area (Å²) in [6.45, 7) is 6.43. The molecule has 0 radical (unpaired) electrons. The van der Waals surface area contributed by atoms with Crippen LogP contribution in [0, 0.1) is 0 Å². The van der Waals surface area contributed by atoms with E-state index in [1.54, 1.807) is 24.3 Å². The molecule has 0 fully saturated rings. The third-order valence-corrected chi connectivity index (χ3v) is 5.30. The molecule has 31 heavy (non-hydrogen) atoms. The lowest BCUT2D eigenvalue weighted by atomic mass is 9.87. The van der Waals surface area contributed by atoms with Gasteiger partial charge in [0.15, 0.2) is 0 Å². The van der Waals surface area contributed by atoms with Crippen LogP contribution in [0.1, 0.15) is 48.7 Å². The Morgan fingerprint density at radius 1 is 1.06 bits per heavy atom. The Bertz CT molecular complexity index is 1160. The van der Waals surface area contributed by atoms with Crippen LogP contribution in [0.2, 0.25) is 0 Å². The van der Waals surface area contributed by atoms with Gasteiger partial charge in [0.2, 0.25) is 0 Å². The first-order chi connectivity index (χ1) is 14.6. The maximum absolute atomic E-state index is 12.3. The molecule has 3 aromatic rings. The van der Waals surface area contributed by atoms with Crippen LogP contribution < -0.4 is 10.9 Å². The summed E-state index contributed by atoms with van der Waals surface area (Å²) in [4.78, 5) is 36.1. The fourth-order valence-electron chi connectivity index (χ4n) is 3.06. The lowest BCUT2D eigenvalue weighted by Gasteiger charge is -2.19. The van der Waals surface area contributed by atoms with E-state index in [4.69, 9.17) is 9.15 Å². The van der Waals surface area contributed by atoms with Gasteiger partial charge < -0.3 is 14.5 Å². The minimum Gasteiger partial charge on any atom is -0.461 e. The first-order valence-electron chi connectivity index (χ1n) is 9.90. The average molecular weight is 486 g/mol. The molecule has 7 heteroatoms. The summed E-state index contributed by atoms with van der Waals surface area (Å²) in [6.07, 6.45) is 0.0245. The maximum Gasteiger partial charge on any atom is 0.336 e. The van der Waals surface area contributed by atoms with Crippen molar-refractivity contribution in [2.75, 3.05) is 6.54 Å². The predicted octanol–water partition coefficient (Wildman–Crippen LogP) is 4.72. The molecule has 2 aromatic carbocycles. The number of hydrogen-bond acceptors (Lipinski definition) is 5. The molecule has 0 spiro atoms. The molecular weight excluding hydrogens is 462 g/mol. The number of amides is 1. The number of fused-ring (bicyclic) bond motifs is 1. The van der Waals surface area contributed by atoms with Gasteiger partial charge in [0.25, 0.3) is 5.91 Å². The Labute approximate surface area is 188 Å². The van der Waals surface area contributed by atoms with Crippen molar-refractivity contribution in [3.8, 4) is 0 Å². The summed E-state index contributed by atoms with van der Waals surface area (Å²) in [5.41, 5.74) is 2.16. The quantitative estimate of drug-likeness (QED) is 0.403. The second-order valence-electron chi connectivity index (χ2n) is 8.23. The van der Waals surface area contributed by atoms with E-state index < -0.39 is 11.6 Å². The Morgan fingerprint density at radius 3 is 2.45 bits per heavy atom. The van der Waals surface area contributed by atoms with Gasteiger partial charge in [-0.15, -0.1) is 0 Å². The summed E-state index contributed by atoms with van der Waals surface area (Å²) in [6, 6.07) is 14.0. The zero-order valence-corrected chi connectivity index (χ0v) is 19.2. The molecule has 0 aliphatic carbocycles. The fraction of sp³-hybridized carbons (Fsp3) is 0.292. The van der Waals surface area contributed by atoms with Crippen LogP contribution in [0.5, 0.6) is 0 Å². The lowest BCUT2D eigenvalue weighted by molar-refractivity contribution is -0.144. The van der Waals surface area contributed by atoms with Crippen LogP contribution in [-0.4, -0.2) is 18.4 Å². The number of nitrogens with one attached hydrogen (secondary N) is 1. The average Bonchev–Trinajstić information content (AvgIpc) is 2.71. The summed E-state index contributed by atoms with van der Waals surface area (Å²) >= 11 is 3.33. The summed E-state index contributed by atoms with van der Waals surface area (Å²) in [5.74, 6) is -0.715. The van der Waals surface area contributed by atoms with E-state index in [-0.39, 0.29) is 30.9 Å². The van der Waals surface area contributed by atoms with E-state index in [0.29, 0.717) is 22.1 Å². The molecule has 3 rings (SSSR count). The minimum absolute atomic E-state index is 0.0142. The maximum atomic E-state index is 12.3. The van der Waals surface area contributed by atoms with Gasteiger partial charge >= 0.3 is 11.6 Å². The van der Waals surface area contributed by atoms with Crippen LogP contribution in [0.15, 0.2) is 62.2 Å². The largest absolute Gasteiger partial charge is 0.461 e. The molecule has 0 bridgehead atoms. The number of esters is 1. The molecule has 0 unspecified atom stereocenters. The van der Waals surface area contributed by atoms with E-state index in [9.17, 15) is 14.4 Å². The SMILES string of the molecule is CC(C)(C)c1ccc(C(=O)NCCC(=O)OCc2cc(=O)oc3cc(Br)ccc23)cc1. The highest BCUT2D eigenvalue weighted by atomic mass is 79.9. The van der Waals surface area contributed by atoms with Crippen LogP contribution in [-0.2, 0) is 21.6 Å². The minimum atomic E-state index is -0.513. The van der Waals surface area contributed by atoms with E-state index in [2.05, 4.69) is 42.0 Å². The van der Waals surface area contributed by atoms with Crippen LogP contribution in [0.3, 0.4) is 0 Å². The smallest absolute Gasteiger partial charge is 0.336 e. The van der Waals surface area contributed by atoms with Gasteiger partial charge in [0.1, 0.15) is 12.2 Å². The van der Waals surface area contributed by atoms with Crippen molar-refractivity contribution in [2.24, 2.45) is 0 Å². The molecule has 0 aliphatic heterocycles. The zero-order chi connectivity index (χ0) is 22.6. The van der Waals surface area contributed by atoms with Crippen molar-refractivity contribution in [1.82, 2.24) is 5.32 Å². The standard InChI is InChI=1S/C24H24BrNO5/c1-24(2,3)17-6-4-15(5-7-17)23(29)26-11-10-21(27)30-14-16-12-22(28)31-20-13-18(25)8-9-19(16)20/h4-9,12-13H,10-11,14H2,1-3H3,(H,26,29). The number of hydrogen-bond donors (Lipinski definition) is 1. The first-order valence-corrected chi connectivity index (χ1v) is 10.7. The Hall–Kier alpha value is -2.93. The van der Waals surface area contributed by atoms with Crippen molar-refractivity contribution in [2.45, 2.75) is 39.2 Å². The Morgan fingerprint density at radius 2 is 1.77 bits per heavy atom. The summed E-state index contributed by atoms with van der Waals surface area (Å²) in [7, 11) is 0. The number of benzene rings is 2. The molecule has 1 aromatic heterocycles. The van der Waals surface area contributed by atoms with E-state index >= 15 is 0 Å². The Balaban J connectivity index is 1.51. The monoisotopic (exact) mass is 485 g/mol. The van der Waals surface area contributed by atoms with Gasteiger partial charge in [-0.05, 0) is 41.3 Å². The van der Waals surface area contributed by atoms with Gasteiger partial charge in [-0.1, -0.05) is 48.8 Å². The van der Waals surface area contributed by atoms with E-state index in [0.717, 1.165) is 10.0 Å². The number of rotatable bonds is 6. The third-order valence-electron chi connectivity index (χ3n) is 4.81. The molecule has 1 N–H and O–H groups in total. The zero-order valence-electron chi connectivity index (χ0n) is 17.7. The van der Waals surface area contributed by atoms with Crippen molar-refractivity contribution >= 4 is 38.8 Å². The van der Waals surface area contributed by atoms with Gasteiger partial charge in [0, 0.05) is 33.6 Å². The first kappa shape index (κ1) is 22.7. The van der Waals surface area contributed by atoms with Crippen LogP contribution >= 0.6 is 15.9 Å². The number of ether oxygens (including phenoxy) is 1. The molecule has 1 amide bonds.